The van der Waals surface area contributed by atoms with E-state index in [-0.39, 0.29) is 0 Å². The van der Waals surface area contributed by atoms with Crippen molar-refractivity contribution in [2.24, 2.45) is 10.9 Å². The molecular weight excluding hydrogens is 194 g/mol. The molecule has 1 heteroatoms. The van der Waals surface area contributed by atoms with Gasteiger partial charge in [-0.15, -0.1) is 0 Å². The normalized spacial score (nSPS) is 14.8. The van der Waals surface area contributed by atoms with Gasteiger partial charge >= 0.3 is 0 Å². The third kappa shape index (κ3) is 7.44. The Morgan fingerprint density at radius 1 is 1.12 bits per heavy atom. The summed E-state index contributed by atoms with van der Waals surface area (Å²) in [5, 5.41) is 0. The molecule has 0 aromatic rings. The zero-order chi connectivity index (χ0) is 12.6. The van der Waals surface area contributed by atoms with Gasteiger partial charge in [-0.1, -0.05) is 39.3 Å². The van der Waals surface area contributed by atoms with Crippen LogP contribution < -0.4 is 0 Å². The van der Waals surface area contributed by atoms with Crippen molar-refractivity contribution in [2.45, 2.75) is 60.8 Å². The Bertz CT molecular complexity index is 280. The Balaban J connectivity index is 4.80. The highest BCUT2D eigenvalue weighted by Crippen LogP contribution is 2.15. The number of hydrogen-bond donors (Lipinski definition) is 0. The smallest absolute Gasteiger partial charge is 0.0299 e. The predicted octanol–water partition coefficient (Wildman–Crippen LogP) is 5.14. The van der Waals surface area contributed by atoms with Gasteiger partial charge in [-0.3, -0.25) is 4.99 Å². The fourth-order valence-corrected chi connectivity index (χ4v) is 1.32. The highest BCUT2D eigenvalue weighted by molar-refractivity contribution is 5.82. The molecule has 1 nitrogen and oxygen atoms in total. The maximum absolute atomic E-state index is 4.49. The van der Waals surface area contributed by atoms with Gasteiger partial charge in [0.2, 0.25) is 0 Å². The van der Waals surface area contributed by atoms with E-state index in [4.69, 9.17) is 0 Å². The molecule has 16 heavy (non-hydrogen) atoms. The van der Waals surface area contributed by atoms with Crippen LogP contribution in [0.3, 0.4) is 0 Å². The lowest BCUT2D eigenvalue weighted by Gasteiger charge is -2.06. The monoisotopic (exact) mass is 221 g/mol. The molecule has 0 fully saturated rings. The van der Waals surface area contributed by atoms with Gasteiger partial charge in [0.1, 0.15) is 0 Å². The molecule has 0 unspecified atom stereocenters. The molecule has 0 aliphatic carbocycles. The van der Waals surface area contributed by atoms with Gasteiger partial charge in [0, 0.05) is 11.9 Å². The molecule has 0 aliphatic heterocycles. The fourth-order valence-electron chi connectivity index (χ4n) is 1.32. The van der Waals surface area contributed by atoms with Crippen LogP contribution in [0.2, 0.25) is 0 Å². The van der Waals surface area contributed by atoms with Crippen LogP contribution in [0, 0.1) is 5.92 Å². The van der Waals surface area contributed by atoms with Crippen LogP contribution in [0.5, 0.6) is 0 Å². The zero-order valence-electron chi connectivity index (χ0n) is 11.8. The van der Waals surface area contributed by atoms with Crippen LogP contribution in [0.4, 0.5) is 0 Å². The summed E-state index contributed by atoms with van der Waals surface area (Å²) in [6.07, 6.45) is 7.58. The summed E-state index contributed by atoms with van der Waals surface area (Å²) in [6, 6.07) is 0. The summed E-state index contributed by atoms with van der Waals surface area (Å²) in [7, 11) is 0. The Kier molecular flexibility index (Phi) is 7.88. The number of allylic oxidation sites excluding steroid dienone is 3. The van der Waals surface area contributed by atoms with Crippen molar-refractivity contribution >= 4 is 5.71 Å². The van der Waals surface area contributed by atoms with Crippen molar-refractivity contribution < 1.29 is 0 Å². The summed E-state index contributed by atoms with van der Waals surface area (Å²) in [5.74, 6) is 0.685. The van der Waals surface area contributed by atoms with E-state index in [9.17, 15) is 0 Å². The molecule has 0 radical (unpaired) electrons. The van der Waals surface area contributed by atoms with Crippen molar-refractivity contribution in [2.75, 3.05) is 0 Å². The van der Waals surface area contributed by atoms with Gasteiger partial charge in [0.05, 0.1) is 0 Å². The molecule has 0 atom stereocenters. The first-order valence-electron chi connectivity index (χ1n) is 6.39. The Hall–Kier alpha value is -0.850. The summed E-state index contributed by atoms with van der Waals surface area (Å²) in [5.41, 5.74) is 3.97. The largest absolute Gasteiger partial charge is 0.266 e. The minimum atomic E-state index is 0.685. The van der Waals surface area contributed by atoms with Crippen LogP contribution in [-0.4, -0.2) is 5.71 Å². The van der Waals surface area contributed by atoms with Crippen molar-refractivity contribution in [3.8, 4) is 0 Å². The van der Waals surface area contributed by atoms with Crippen LogP contribution >= 0.6 is 0 Å². The van der Waals surface area contributed by atoms with E-state index >= 15 is 0 Å². The van der Waals surface area contributed by atoms with E-state index in [0.717, 1.165) is 19.3 Å². The SMILES string of the molecule is CCC(C)=CC(=CN=C(C)CC)CC(C)C. The quantitative estimate of drug-likeness (QED) is 0.435. The third-order valence-electron chi connectivity index (χ3n) is 2.60. The molecule has 0 N–H and O–H groups in total. The Morgan fingerprint density at radius 2 is 1.75 bits per heavy atom. The number of nitrogens with zero attached hydrogens (tertiary/aromatic N) is 1. The summed E-state index contributed by atoms with van der Waals surface area (Å²) < 4.78 is 0. The molecule has 0 aromatic heterocycles. The van der Waals surface area contributed by atoms with Crippen LogP contribution in [-0.2, 0) is 0 Å². The van der Waals surface area contributed by atoms with Crippen LogP contribution in [0.25, 0.3) is 0 Å². The number of hydrogen-bond acceptors (Lipinski definition) is 1. The van der Waals surface area contributed by atoms with Gasteiger partial charge in [0.15, 0.2) is 0 Å². The lowest BCUT2D eigenvalue weighted by atomic mass is 10.0. The zero-order valence-corrected chi connectivity index (χ0v) is 11.8. The van der Waals surface area contributed by atoms with Gasteiger partial charge in [0.25, 0.3) is 0 Å². The predicted molar refractivity (Wildman–Crippen MR) is 75.0 cm³/mol. The standard InChI is InChI=1S/C15H27N/c1-7-13(5)10-15(9-12(3)4)11-16-14(6)8-2/h10-12H,7-9H2,1-6H3. The van der Waals surface area contributed by atoms with Gasteiger partial charge in [-0.2, -0.15) is 0 Å². The average molecular weight is 221 g/mol. The molecule has 0 saturated heterocycles. The van der Waals surface area contributed by atoms with E-state index in [0.29, 0.717) is 5.92 Å². The Labute approximate surface area is 101 Å². The molecule has 0 rings (SSSR count). The number of aliphatic imine (C=N–C) groups is 1. The first kappa shape index (κ1) is 15.2. The maximum atomic E-state index is 4.49. The molecule has 0 heterocycles. The second kappa shape index (κ2) is 8.32. The molecule has 0 aromatic carbocycles. The van der Waals surface area contributed by atoms with Crippen LogP contribution in [0.15, 0.2) is 28.4 Å². The van der Waals surface area contributed by atoms with E-state index in [1.54, 1.807) is 0 Å². The molecule has 0 amide bonds. The van der Waals surface area contributed by atoms with E-state index < -0.39 is 0 Å². The fraction of sp³-hybridized carbons (Fsp3) is 0.667. The molecule has 0 spiro atoms. The first-order chi connectivity index (χ1) is 7.49. The molecule has 0 bridgehead atoms. The topological polar surface area (TPSA) is 12.4 Å². The summed E-state index contributed by atoms with van der Waals surface area (Å²) in [4.78, 5) is 4.49. The lowest BCUT2D eigenvalue weighted by Crippen LogP contribution is -1.91. The van der Waals surface area contributed by atoms with Gasteiger partial charge in [-0.25, -0.2) is 0 Å². The molecular formula is C15H27N. The van der Waals surface area contributed by atoms with E-state index in [1.165, 1.54) is 16.9 Å². The number of rotatable bonds is 6. The van der Waals surface area contributed by atoms with Crippen molar-refractivity contribution in [1.82, 2.24) is 0 Å². The highest BCUT2D eigenvalue weighted by Gasteiger charge is 1.99. The van der Waals surface area contributed by atoms with Crippen LogP contribution in [0.1, 0.15) is 60.8 Å². The minimum absolute atomic E-state index is 0.685. The van der Waals surface area contributed by atoms with Crippen molar-refractivity contribution in [3.63, 3.8) is 0 Å². The second-order valence-corrected chi connectivity index (χ2v) is 4.86. The summed E-state index contributed by atoms with van der Waals surface area (Å²) >= 11 is 0. The second-order valence-electron chi connectivity index (χ2n) is 4.86. The average Bonchev–Trinajstić information content (AvgIpc) is 2.24. The third-order valence-corrected chi connectivity index (χ3v) is 2.60. The van der Waals surface area contributed by atoms with Gasteiger partial charge < -0.3 is 0 Å². The Morgan fingerprint density at radius 3 is 2.19 bits per heavy atom. The van der Waals surface area contributed by atoms with E-state index in [2.05, 4.69) is 52.6 Å². The lowest BCUT2D eigenvalue weighted by molar-refractivity contribution is 0.648. The van der Waals surface area contributed by atoms with Gasteiger partial charge in [-0.05, 0) is 44.6 Å². The molecule has 0 aliphatic rings. The summed E-state index contributed by atoms with van der Waals surface area (Å²) in [6.45, 7) is 13.1. The van der Waals surface area contributed by atoms with E-state index in [1.807, 2.05) is 6.20 Å². The molecule has 92 valence electrons. The minimum Gasteiger partial charge on any atom is -0.266 e. The van der Waals surface area contributed by atoms with Crippen molar-refractivity contribution in [1.29, 1.82) is 0 Å². The van der Waals surface area contributed by atoms with Crippen molar-refractivity contribution in [3.05, 3.63) is 23.4 Å². The highest BCUT2D eigenvalue weighted by atomic mass is 14.7. The molecule has 0 saturated carbocycles. The first-order valence-corrected chi connectivity index (χ1v) is 6.39. The maximum Gasteiger partial charge on any atom is 0.0299 e.